The number of nitrogens with zero attached hydrogens (tertiary/aromatic N) is 1. The second kappa shape index (κ2) is 8.88. The fourth-order valence-electron chi connectivity index (χ4n) is 3.14. The number of para-hydroxylation sites is 1. The van der Waals surface area contributed by atoms with Gasteiger partial charge in [0.15, 0.2) is 11.5 Å². The number of anilines is 2. The van der Waals surface area contributed by atoms with E-state index in [1.807, 2.05) is 30.5 Å². The highest BCUT2D eigenvalue weighted by atomic mass is 32.2. The van der Waals surface area contributed by atoms with Crippen molar-refractivity contribution >= 4 is 35.1 Å². The van der Waals surface area contributed by atoms with Crippen LogP contribution in [0.3, 0.4) is 0 Å². The van der Waals surface area contributed by atoms with Crippen molar-refractivity contribution in [2.24, 2.45) is 0 Å². The molecule has 1 fully saturated rings. The fourth-order valence-corrected chi connectivity index (χ4v) is 3.69. The molecule has 0 aromatic heterocycles. The summed E-state index contributed by atoms with van der Waals surface area (Å²) in [5.41, 5.74) is 1.45. The van der Waals surface area contributed by atoms with E-state index in [1.54, 1.807) is 49.1 Å². The van der Waals surface area contributed by atoms with E-state index in [0.29, 0.717) is 23.7 Å². The number of rotatable bonds is 6. The van der Waals surface area contributed by atoms with Crippen LogP contribution in [0, 0.1) is 0 Å². The number of thioether (sulfide) groups is 1. The highest BCUT2D eigenvalue weighted by Gasteiger charge is 2.32. The molecule has 8 heteroatoms. The Balaban J connectivity index is 1.65. The molecule has 1 aliphatic heterocycles. The molecule has 1 unspecified atom stereocenters. The van der Waals surface area contributed by atoms with Crippen LogP contribution in [0.15, 0.2) is 47.4 Å². The summed E-state index contributed by atoms with van der Waals surface area (Å²) in [4.78, 5) is 27.5. The molecule has 7 nitrogen and oxygen atoms in total. The molecule has 1 saturated heterocycles. The molecule has 0 bridgehead atoms. The van der Waals surface area contributed by atoms with Crippen molar-refractivity contribution in [2.45, 2.75) is 17.4 Å². The second-order valence-electron chi connectivity index (χ2n) is 6.24. The third kappa shape index (κ3) is 4.33. The van der Waals surface area contributed by atoms with E-state index in [9.17, 15) is 9.59 Å². The molecule has 3 amide bonds. The normalized spacial score (nSPS) is 16.0. The minimum Gasteiger partial charge on any atom is -0.493 e. The molecule has 0 aliphatic carbocycles. The minimum absolute atomic E-state index is 0.0537. The predicted octanol–water partition coefficient (Wildman–Crippen LogP) is 3.35. The Morgan fingerprint density at radius 1 is 1.14 bits per heavy atom. The molecule has 1 atom stereocenters. The molecule has 1 heterocycles. The number of hydrogen-bond acceptors (Lipinski definition) is 5. The van der Waals surface area contributed by atoms with Crippen LogP contribution in [0.5, 0.6) is 11.5 Å². The maximum absolute atomic E-state index is 12.5. The lowest BCUT2D eigenvalue weighted by molar-refractivity contribution is -0.117. The highest BCUT2D eigenvalue weighted by molar-refractivity contribution is 7.98. The Bertz CT molecular complexity index is 874. The summed E-state index contributed by atoms with van der Waals surface area (Å²) in [6, 6.07) is 12.3. The van der Waals surface area contributed by atoms with Gasteiger partial charge in [0.1, 0.15) is 0 Å². The first kappa shape index (κ1) is 19.9. The topological polar surface area (TPSA) is 79.9 Å². The summed E-state index contributed by atoms with van der Waals surface area (Å²) in [5.74, 6) is 1.09. The van der Waals surface area contributed by atoms with E-state index in [1.165, 1.54) is 0 Å². The van der Waals surface area contributed by atoms with Crippen molar-refractivity contribution in [3.05, 3.63) is 42.5 Å². The average molecular weight is 401 g/mol. The SMILES string of the molecule is COc1ccc(N2CC(NC(=O)Nc3ccccc3SC)CC2=O)cc1OC. The van der Waals surface area contributed by atoms with Crippen molar-refractivity contribution in [2.75, 3.05) is 37.2 Å². The lowest BCUT2D eigenvalue weighted by Gasteiger charge is -2.19. The van der Waals surface area contributed by atoms with Gasteiger partial charge >= 0.3 is 6.03 Å². The smallest absolute Gasteiger partial charge is 0.319 e. The predicted molar refractivity (Wildman–Crippen MR) is 111 cm³/mol. The molecule has 2 N–H and O–H groups in total. The molecule has 1 aliphatic rings. The fraction of sp³-hybridized carbons (Fsp3) is 0.300. The zero-order chi connectivity index (χ0) is 20.1. The monoisotopic (exact) mass is 401 g/mol. The Morgan fingerprint density at radius 2 is 1.89 bits per heavy atom. The Labute approximate surface area is 168 Å². The Kier molecular flexibility index (Phi) is 6.30. The Hall–Kier alpha value is -2.87. The van der Waals surface area contributed by atoms with Gasteiger partial charge in [-0.2, -0.15) is 0 Å². The summed E-state index contributed by atoms with van der Waals surface area (Å²) >= 11 is 1.56. The van der Waals surface area contributed by atoms with Gasteiger partial charge in [0, 0.05) is 29.6 Å². The largest absolute Gasteiger partial charge is 0.493 e. The van der Waals surface area contributed by atoms with Crippen molar-refractivity contribution in [1.82, 2.24) is 5.32 Å². The van der Waals surface area contributed by atoms with E-state index in [4.69, 9.17) is 9.47 Å². The number of methoxy groups -OCH3 is 2. The molecular formula is C20H23N3O4S. The van der Waals surface area contributed by atoms with E-state index in [2.05, 4.69) is 10.6 Å². The highest BCUT2D eigenvalue weighted by Crippen LogP contribution is 2.33. The first-order chi connectivity index (χ1) is 13.5. The minimum atomic E-state index is -0.325. The lowest BCUT2D eigenvalue weighted by Crippen LogP contribution is -2.39. The number of urea groups is 1. The summed E-state index contributed by atoms with van der Waals surface area (Å²) in [7, 11) is 3.11. The number of benzene rings is 2. The molecule has 0 saturated carbocycles. The Morgan fingerprint density at radius 3 is 2.61 bits per heavy atom. The molecule has 2 aromatic rings. The van der Waals surface area contributed by atoms with Crippen LogP contribution in [0.2, 0.25) is 0 Å². The quantitative estimate of drug-likeness (QED) is 0.726. The van der Waals surface area contributed by atoms with Gasteiger partial charge in [0.05, 0.1) is 25.9 Å². The summed E-state index contributed by atoms with van der Waals surface area (Å²) in [6.45, 7) is 0.395. The van der Waals surface area contributed by atoms with Crippen molar-refractivity contribution < 1.29 is 19.1 Å². The van der Waals surface area contributed by atoms with Gasteiger partial charge in [-0.3, -0.25) is 4.79 Å². The zero-order valence-corrected chi connectivity index (χ0v) is 16.8. The number of amides is 3. The maximum atomic E-state index is 12.5. The van der Waals surface area contributed by atoms with Crippen LogP contribution in [0.1, 0.15) is 6.42 Å². The summed E-state index contributed by atoms with van der Waals surface area (Å²) < 4.78 is 10.5. The number of carbonyl (C=O) groups is 2. The average Bonchev–Trinajstić information content (AvgIpc) is 3.07. The van der Waals surface area contributed by atoms with Gasteiger partial charge in [-0.15, -0.1) is 11.8 Å². The second-order valence-corrected chi connectivity index (χ2v) is 7.09. The summed E-state index contributed by atoms with van der Waals surface area (Å²) in [5, 5.41) is 5.74. The van der Waals surface area contributed by atoms with E-state index < -0.39 is 0 Å². The molecule has 28 heavy (non-hydrogen) atoms. The van der Waals surface area contributed by atoms with Crippen molar-refractivity contribution in [1.29, 1.82) is 0 Å². The number of carbonyl (C=O) groups excluding carboxylic acids is 2. The third-order valence-corrected chi connectivity index (χ3v) is 5.29. The van der Waals surface area contributed by atoms with Crippen molar-refractivity contribution in [3.8, 4) is 11.5 Å². The van der Waals surface area contributed by atoms with Crippen LogP contribution < -0.4 is 25.0 Å². The first-order valence-electron chi connectivity index (χ1n) is 8.78. The van der Waals surface area contributed by atoms with Gasteiger partial charge < -0.3 is 25.0 Å². The van der Waals surface area contributed by atoms with Gasteiger partial charge in [0.2, 0.25) is 5.91 Å². The molecule has 2 aromatic carbocycles. The van der Waals surface area contributed by atoms with Crippen molar-refractivity contribution in [3.63, 3.8) is 0 Å². The van der Waals surface area contributed by atoms with Crippen LogP contribution in [0.25, 0.3) is 0 Å². The zero-order valence-electron chi connectivity index (χ0n) is 16.0. The van der Waals surface area contributed by atoms with Gasteiger partial charge in [-0.05, 0) is 30.5 Å². The number of hydrogen-bond donors (Lipinski definition) is 2. The van der Waals surface area contributed by atoms with Gasteiger partial charge in [-0.25, -0.2) is 4.79 Å². The maximum Gasteiger partial charge on any atom is 0.319 e. The number of ether oxygens (including phenoxy) is 2. The third-order valence-electron chi connectivity index (χ3n) is 4.49. The van der Waals surface area contributed by atoms with Crippen LogP contribution in [-0.4, -0.2) is 45.0 Å². The molecular weight excluding hydrogens is 378 g/mol. The summed E-state index contributed by atoms with van der Waals surface area (Å²) in [6.07, 6.45) is 2.20. The number of nitrogens with one attached hydrogen (secondary N) is 2. The van der Waals surface area contributed by atoms with Crippen LogP contribution in [-0.2, 0) is 4.79 Å². The van der Waals surface area contributed by atoms with E-state index in [0.717, 1.165) is 10.6 Å². The van der Waals surface area contributed by atoms with E-state index >= 15 is 0 Å². The molecule has 0 spiro atoms. The van der Waals surface area contributed by atoms with E-state index in [-0.39, 0.29) is 24.4 Å². The molecule has 0 radical (unpaired) electrons. The van der Waals surface area contributed by atoms with Crippen LogP contribution in [0.4, 0.5) is 16.2 Å². The van der Waals surface area contributed by atoms with Crippen LogP contribution >= 0.6 is 11.8 Å². The first-order valence-corrected chi connectivity index (χ1v) is 10.0. The standard InChI is InChI=1S/C20H23N3O4S/c1-26-16-9-8-14(11-17(16)27-2)23-12-13(10-19(23)24)21-20(25)22-15-6-4-5-7-18(15)28-3/h4-9,11,13H,10,12H2,1-3H3,(H2,21,22,25). The lowest BCUT2D eigenvalue weighted by atomic mass is 10.2. The molecule has 3 rings (SSSR count). The van der Waals surface area contributed by atoms with Gasteiger partial charge in [0.25, 0.3) is 0 Å². The molecule has 148 valence electrons. The van der Waals surface area contributed by atoms with Gasteiger partial charge in [-0.1, -0.05) is 12.1 Å².